The van der Waals surface area contributed by atoms with Crippen LogP contribution in [0.5, 0.6) is 0 Å². The maximum absolute atomic E-state index is 11.5. The summed E-state index contributed by atoms with van der Waals surface area (Å²) in [5.74, 6) is -0.291. The second-order valence-electron chi connectivity index (χ2n) is 2.94. The summed E-state index contributed by atoms with van der Waals surface area (Å²) in [7, 11) is 1.38. The van der Waals surface area contributed by atoms with Gasteiger partial charge in [0.2, 0.25) is 0 Å². The summed E-state index contributed by atoms with van der Waals surface area (Å²) >= 11 is 0. The summed E-state index contributed by atoms with van der Waals surface area (Å²) in [5, 5.41) is 0. The van der Waals surface area contributed by atoms with Crippen LogP contribution in [0.2, 0.25) is 0 Å². The summed E-state index contributed by atoms with van der Waals surface area (Å²) in [6.07, 6.45) is 10.6. The van der Waals surface area contributed by atoms with Crippen molar-refractivity contribution in [3.8, 4) is 0 Å². The normalized spacial score (nSPS) is 28.5. The van der Waals surface area contributed by atoms with Crippen molar-refractivity contribution in [1.82, 2.24) is 0 Å². The van der Waals surface area contributed by atoms with Gasteiger partial charge in [0.25, 0.3) is 0 Å². The second-order valence-corrected chi connectivity index (χ2v) is 2.94. The highest BCUT2D eigenvalue weighted by Gasteiger charge is 2.41. The number of hydrogen-bond donors (Lipinski definition) is 0. The Morgan fingerprint density at radius 3 is 3.15 bits per heavy atom. The molecule has 3 nitrogen and oxygen atoms in total. The minimum atomic E-state index is -0.760. The molecule has 1 unspecified atom stereocenters. The lowest BCUT2D eigenvalue weighted by atomic mass is 9.80. The first-order valence-corrected chi connectivity index (χ1v) is 3.99. The molecule has 1 heterocycles. The summed E-state index contributed by atoms with van der Waals surface area (Å²) in [6, 6.07) is 0. The van der Waals surface area contributed by atoms with Gasteiger partial charge in [0.1, 0.15) is 5.41 Å². The number of ether oxygens (including phenoxy) is 1. The Morgan fingerprint density at radius 1 is 1.54 bits per heavy atom. The van der Waals surface area contributed by atoms with Crippen LogP contribution in [0, 0.1) is 5.41 Å². The number of aliphatic imine (C=N–C) groups is 1. The van der Waals surface area contributed by atoms with Crippen LogP contribution in [-0.2, 0) is 9.53 Å². The van der Waals surface area contributed by atoms with Gasteiger partial charge in [-0.3, -0.25) is 9.79 Å². The standard InChI is InChI=1S/C10H9NO2/c1-13-9(12)10-5-3-2-4-8(10)6-11-7-10/h2-7H,1H3. The maximum Gasteiger partial charge on any atom is 0.325 e. The van der Waals surface area contributed by atoms with Crippen molar-refractivity contribution in [2.75, 3.05) is 7.11 Å². The zero-order valence-electron chi connectivity index (χ0n) is 7.23. The van der Waals surface area contributed by atoms with E-state index in [-0.39, 0.29) is 5.97 Å². The van der Waals surface area contributed by atoms with Gasteiger partial charge in [-0.2, -0.15) is 0 Å². The van der Waals surface area contributed by atoms with Gasteiger partial charge in [-0.15, -0.1) is 0 Å². The third-order valence-corrected chi connectivity index (χ3v) is 2.24. The third kappa shape index (κ3) is 0.967. The Balaban J connectivity index is 2.46. The van der Waals surface area contributed by atoms with Gasteiger partial charge in [-0.1, -0.05) is 24.3 Å². The molecule has 1 atom stereocenters. The summed E-state index contributed by atoms with van der Waals surface area (Å²) in [4.78, 5) is 15.5. The maximum atomic E-state index is 11.5. The van der Waals surface area contributed by atoms with Crippen LogP contribution in [0.3, 0.4) is 0 Å². The molecule has 0 aromatic heterocycles. The largest absolute Gasteiger partial charge is 0.468 e. The van der Waals surface area contributed by atoms with Gasteiger partial charge >= 0.3 is 5.97 Å². The van der Waals surface area contributed by atoms with E-state index < -0.39 is 5.41 Å². The molecule has 13 heavy (non-hydrogen) atoms. The van der Waals surface area contributed by atoms with Crippen molar-refractivity contribution in [2.24, 2.45) is 10.4 Å². The molecule has 66 valence electrons. The molecule has 2 rings (SSSR count). The Bertz CT molecular complexity index is 363. The fraction of sp³-hybridized carbons (Fsp3) is 0.200. The summed E-state index contributed by atoms with van der Waals surface area (Å²) < 4.78 is 4.74. The Kier molecular flexibility index (Phi) is 1.65. The predicted molar refractivity (Wildman–Crippen MR) is 49.3 cm³/mol. The molecule has 0 saturated carbocycles. The first-order chi connectivity index (χ1) is 6.29. The van der Waals surface area contributed by atoms with Crippen LogP contribution in [0.1, 0.15) is 0 Å². The molecule has 2 aliphatic rings. The van der Waals surface area contributed by atoms with Gasteiger partial charge in [0.05, 0.1) is 7.11 Å². The molecule has 0 amide bonds. The van der Waals surface area contributed by atoms with Crippen molar-refractivity contribution >= 4 is 12.2 Å². The lowest BCUT2D eigenvalue weighted by Gasteiger charge is -2.22. The highest BCUT2D eigenvalue weighted by Crippen LogP contribution is 2.35. The molecular formula is C10H9NO2. The second kappa shape index (κ2) is 2.69. The van der Waals surface area contributed by atoms with E-state index in [0.717, 1.165) is 5.57 Å². The van der Waals surface area contributed by atoms with Gasteiger partial charge in [0.15, 0.2) is 0 Å². The van der Waals surface area contributed by atoms with Crippen molar-refractivity contribution in [2.45, 2.75) is 0 Å². The fourth-order valence-corrected chi connectivity index (χ4v) is 1.51. The highest BCUT2D eigenvalue weighted by atomic mass is 16.5. The van der Waals surface area contributed by atoms with E-state index in [1.54, 1.807) is 18.5 Å². The monoisotopic (exact) mass is 175 g/mol. The molecule has 0 bridgehead atoms. The lowest BCUT2D eigenvalue weighted by molar-refractivity contribution is -0.144. The van der Waals surface area contributed by atoms with E-state index >= 15 is 0 Å². The molecule has 0 saturated heterocycles. The van der Waals surface area contributed by atoms with Crippen LogP contribution in [0.4, 0.5) is 0 Å². The molecule has 0 aromatic rings. The number of rotatable bonds is 1. The van der Waals surface area contributed by atoms with Gasteiger partial charge in [-0.05, 0) is 5.57 Å². The predicted octanol–water partition coefficient (Wildman–Crippen LogP) is 1.24. The van der Waals surface area contributed by atoms with Crippen molar-refractivity contribution in [3.63, 3.8) is 0 Å². The molecular weight excluding hydrogens is 166 g/mol. The van der Waals surface area contributed by atoms with Crippen LogP contribution < -0.4 is 0 Å². The molecule has 0 fully saturated rings. The van der Waals surface area contributed by atoms with Crippen LogP contribution in [-0.4, -0.2) is 19.3 Å². The zero-order valence-corrected chi connectivity index (χ0v) is 7.23. The molecule has 0 radical (unpaired) electrons. The highest BCUT2D eigenvalue weighted by molar-refractivity contribution is 6.04. The van der Waals surface area contributed by atoms with E-state index in [0.29, 0.717) is 0 Å². The molecule has 3 heteroatoms. The third-order valence-electron chi connectivity index (χ3n) is 2.24. The van der Waals surface area contributed by atoms with E-state index in [4.69, 9.17) is 4.74 Å². The number of carbonyl (C=O) groups excluding carboxylic acids is 1. The lowest BCUT2D eigenvalue weighted by Crippen LogP contribution is -2.32. The molecule has 0 aromatic carbocycles. The van der Waals surface area contributed by atoms with Crippen molar-refractivity contribution in [3.05, 3.63) is 36.1 Å². The summed E-state index contributed by atoms with van der Waals surface area (Å²) in [6.45, 7) is 0. The first kappa shape index (κ1) is 7.98. The molecule has 1 aliphatic heterocycles. The van der Waals surface area contributed by atoms with Gasteiger partial charge in [0, 0.05) is 12.4 Å². The van der Waals surface area contributed by atoms with Crippen molar-refractivity contribution < 1.29 is 9.53 Å². The smallest absolute Gasteiger partial charge is 0.325 e. The SMILES string of the molecule is COC(=O)C12C=CC=CC1=CN=C2. The Morgan fingerprint density at radius 2 is 2.38 bits per heavy atom. The minimum Gasteiger partial charge on any atom is -0.468 e. The number of fused-ring (bicyclic) bond motifs is 1. The minimum absolute atomic E-state index is 0.291. The number of carbonyl (C=O) groups is 1. The molecule has 0 spiro atoms. The van der Waals surface area contributed by atoms with E-state index in [1.807, 2.05) is 18.2 Å². The average Bonchev–Trinajstić information content (AvgIpc) is 2.61. The number of allylic oxidation sites excluding steroid dienone is 3. The first-order valence-electron chi connectivity index (χ1n) is 3.99. The van der Waals surface area contributed by atoms with E-state index in [9.17, 15) is 4.79 Å². The Hall–Kier alpha value is -1.64. The quantitative estimate of drug-likeness (QED) is 0.562. The van der Waals surface area contributed by atoms with Crippen LogP contribution in [0.15, 0.2) is 41.1 Å². The Labute approximate surface area is 76.1 Å². The number of hydrogen-bond acceptors (Lipinski definition) is 3. The fourth-order valence-electron chi connectivity index (χ4n) is 1.51. The number of esters is 1. The van der Waals surface area contributed by atoms with E-state index in [2.05, 4.69) is 4.99 Å². The van der Waals surface area contributed by atoms with Crippen LogP contribution >= 0.6 is 0 Å². The average molecular weight is 175 g/mol. The van der Waals surface area contributed by atoms with Crippen LogP contribution in [0.25, 0.3) is 0 Å². The number of nitrogens with zero attached hydrogens (tertiary/aromatic N) is 1. The zero-order chi connectivity index (χ0) is 9.31. The molecule has 1 aliphatic carbocycles. The molecule has 0 N–H and O–H groups in total. The van der Waals surface area contributed by atoms with Gasteiger partial charge < -0.3 is 4.74 Å². The topological polar surface area (TPSA) is 38.7 Å². The van der Waals surface area contributed by atoms with Gasteiger partial charge in [-0.25, -0.2) is 0 Å². The number of methoxy groups -OCH3 is 1. The van der Waals surface area contributed by atoms with E-state index in [1.165, 1.54) is 7.11 Å². The summed E-state index contributed by atoms with van der Waals surface area (Å²) in [5.41, 5.74) is 0.102. The van der Waals surface area contributed by atoms with Crippen molar-refractivity contribution in [1.29, 1.82) is 0 Å².